The van der Waals surface area contributed by atoms with Gasteiger partial charge in [0.1, 0.15) is 5.69 Å². The van der Waals surface area contributed by atoms with E-state index in [9.17, 15) is 13.2 Å². The molecule has 0 radical (unpaired) electrons. The molecule has 6 nitrogen and oxygen atoms in total. The maximum absolute atomic E-state index is 12.4. The van der Waals surface area contributed by atoms with Gasteiger partial charge >= 0.3 is 0 Å². The predicted molar refractivity (Wildman–Crippen MR) is 79.3 cm³/mol. The highest BCUT2D eigenvalue weighted by molar-refractivity contribution is 7.91. The Bertz CT molecular complexity index is 686. The topological polar surface area (TPSA) is 93.4 Å². The second kappa shape index (κ2) is 6.24. The largest absolute Gasteiger partial charge is 0.333 e. The Morgan fingerprint density at radius 1 is 1.52 bits per heavy atom. The van der Waals surface area contributed by atoms with E-state index in [1.54, 1.807) is 24.0 Å². The van der Waals surface area contributed by atoms with E-state index in [4.69, 9.17) is 5.73 Å². The van der Waals surface area contributed by atoms with Crippen molar-refractivity contribution in [3.05, 3.63) is 29.6 Å². The van der Waals surface area contributed by atoms with Gasteiger partial charge in [0.25, 0.3) is 5.91 Å². The Balaban J connectivity index is 2.13. The van der Waals surface area contributed by atoms with Gasteiger partial charge in [-0.1, -0.05) is 11.8 Å². The first kappa shape index (κ1) is 15.5. The molecular formula is C14H17N3O3S. The van der Waals surface area contributed by atoms with Crippen molar-refractivity contribution in [3.8, 4) is 11.8 Å². The van der Waals surface area contributed by atoms with Gasteiger partial charge in [-0.05, 0) is 19.1 Å². The normalized spacial score (nSPS) is 20.5. The predicted octanol–water partition coefficient (Wildman–Crippen LogP) is -0.349. The summed E-state index contributed by atoms with van der Waals surface area (Å²) < 4.78 is 23.1. The van der Waals surface area contributed by atoms with E-state index < -0.39 is 9.84 Å². The lowest BCUT2D eigenvalue weighted by molar-refractivity contribution is 0.0706. The summed E-state index contributed by atoms with van der Waals surface area (Å²) in [5.74, 6) is 5.28. The number of rotatable bonds is 1. The SMILES string of the molecule is CC1CS(=O)(=O)CCN1C(=O)c1ccc(C#CCN)cn1. The molecule has 2 rings (SSSR count). The van der Waals surface area contributed by atoms with Gasteiger partial charge in [0.2, 0.25) is 0 Å². The van der Waals surface area contributed by atoms with Crippen LogP contribution < -0.4 is 5.73 Å². The van der Waals surface area contributed by atoms with Crippen molar-refractivity contribution in [2.75, 3.05) is 24.6 Å². The third kappa shape index (κ3) is 3.80. The average Bonchev–Trinajstić information content (AvgIpc) is 2.44. The third-order valence-electron chi connectivity index (χ3n) is 3.25. The lowest BCUT2D eigenvalue weighted by atomic mass is 10.2. The van der Waals surface area contributed by atoms with Gasteiger partial charge in [-0.15, -0.1) is 0 Å². The smallest absolute Gasteiger partial charge is 0.272 e. The summed E-state index contributed by atoms with van der Waals surface area (Å²) in [7, 11) is -3.04. The molecule has 112 valence electrons. The van der Waals surface area contributed by atoms with Crippen LogP contribution in [-0.4, -0.2) is 54.8 Å². The van der Waals surface area contributed by atoms with E-state index in [1.165, 1.54) is 6.20 Å². The van der Waals surface area contributed by atoms with Crippen molar-refractivity contribution < 1.29 is 13.2 Å². The van der Waals surface area contributed by atoms with Crippen LogP contribution in [0.4, 0.5) is 0 Å². The third-order valence-corrected chi connectivity index (χ3v) is 5.04. The van der Waals surface area contributed by atoms with Gasteiger partial charge in [-0.3, -0.25) is 4.79 Å². The molecule has 21 heavy (non-hydrogen) atoms. The van der Waals surface area contributed by atoms with Crippen LogP contribution in [0.1, 0.15) is 23.0 Å². The number of nitrogens with zero attached hydrogens (tertiary/aromatic N) is 2. The summed E-state index contributed by atoms with van der Waals surface area (Å²) in [5.41, 5.74) is 6.26. The lowest BCUT2D eigenvalue weighted by Crippen LogP contribution is -2.49. The summed E-state index contributed by atoms with van der Waals surface area (Å²) in [6.45, 7) is 2.20. The van der Waals surface area contributed by atoms with Crippen LogP contribution in [0, 0.1) is 11.8 Å². The van der Waals surface area contributed by atoms with Gasteiger partial charge in [-0.25, -0.2) is 13.4 Å². The molecule has 0 aliphatic carbocycles. The molecule has 1 fully saturated rings. The molecule has 7 heteroatoms. The van der Waals surface area contributed by atoms with Crippen molar-refractivity contribution >= 4 is 15.7 Å². The van der Waals surface area contributed by atoms with Crippen molar-refractivity contribution in [2.24, 2.45) is 5.73 Å². The summed E-state index contributed by atoms with van der Waals surface area (Å²) in [4.78, 5) is 18.0. The zero-order chi connectivity index (χ0) is 15.5. The maximum atomic E-state index is 12.4. The summed E-state index contributed by atoms with van der Waals surface area (Å²) >= 11 is 0. The lowest BCUT2D eigenvalue weighted by Gasteiger charge is -2.32. The highest BCUT2D eigenvalue weighted by atomic mass is 32.2. The number of carbonyl (C=O) groups is 1. The van der Waals surface area contributed by atoms with Crippen LogP contribution in [0.15, 0.2) is 18.3 Å². The number of aromatic nitrogens is 1. The molecule has 1 aromatic rings. The fourth-order valence-electron chi connectivity index (χ4n) is 2.19. The standard InChI is InChI=1S/C14H17N3O3S/c1-11-10-21(19,20)8-7-17(11)14(18)13-5-4-12(9-16-13)3-2-6-15/h4-5,9,11H,6-8,10,15H2,1H3. The summed E-state index contributed by atoms with van der Waals surface area (Å²) in [6, 6.07) is 2.96. The van der Waals surface area contributed by atoms with E-state index in [-0.39, 0.29) is 36.5 Å². The van der Waals surface area contributed by atoms with Crippen molar-refractivity contribution in [1.29, 1.82) is 0 Å². The van der Waals surface area contributed by atoms with Crippen molar-refractivity contribution in [3.63, 3.8) is 0 Å². The Kier molecular flexibility index (Phi) is 4.60. The Morgan fingerprint density at radius 3 is 2.86 bits per heavy atom. The molecule has 1 aromatic heterocycles. The number of nitrogens with two attached hydrogens (primary N) is 1. The van der Waals surface area contributed by atoms with E-state index in [2.05, 4.69) is 16.8 Å². The van der Waals surface area contributed by atoms with Crippen LogP contribution in [0.5, 0.6) is 0 Å². The number of hydrogen-bond donors (Lipinski definition) is 1. The molecule has 1 saturated heterocycles. The van der Waals surface area contributed by atoms with Gasteiger partial charge in [0.05, 0.1) is 18.1 Å². The minimum atomic E-state index is -3.04. The Morgan fingerprint density at radius 2 is 2.29 bits per heavy atom. The number of hydrogen-bond acceptors (Lipinski definition) is 5. The highest BCUT2D eigenvalue weighted by Crippen LogP contribution is 2.14. The zero-order valence-electron chi connectivity index (χ0n) is 11.7. The molecule has 0 aromatic carbocycles. The number of sulfone groups is 1. The second-order valence-corrected chi connectivity index (χ2v) is 7.13. The van der Waals surface area contributed by atoms with E-state index in [0.717, 1.165) is 0 Å². The first-order valence-corrected chi connectivity index (χ1v) is 8.41. The minimum Gasteiger partial charge on any atom is -0.333 e. The zero-order valence-corrected chi connectivity index (χ0v) is 12.6. The van der Waals surface area contributed by atoms with E-state index in [1.807, 2.05) is 0 Å². The Labute approximate surface area is 124 Å². The summed E-state index contributed by atoms with van der Waals surface area (Å²) in [6.07, 6.45) is 1.52. The van der Waals surface area contributed by atoms with E-state index in [0.29, 0.717) is 11.3 Å². The molecule has 1 aliphatic heterocycles. The van der Waals surface area contributed by atoms with Crippen LogP contribution in [0.25, 0.3) is 0 Å². The monoisotopic (exact) mass is 307 g/mol. The first-order chi connectivity index (χ1) is 9.93. The molecule has 0 bridgehead atoms. The quantitative estimate of drug-likeness (QED) is 0.716. The highest BCUT2D eigenvalue weighted by Gasteiger charge is 2.32. The first-order valence-electron chi connectivity index (χ1n) is 6.59. The van der Waals surface area contributed by atoms with Crippen LogP contribution in [0.3, 0.4) is 0 Å². The fraction of sp³-hybridized carbons (Fsp3) is 0.429. The fourth-order valence-corrected chi connectivity index (χ4v) is 3.75. The number of carbonyl (C=O) groups excluding carboxylic acids is 1. The van der Waals surface area contributed by atoms with Crippen LogP contribution in [-0.2, 0) is 9.84 Å². The molecule has 0 spiro atoms. The summed E-state index contributed by atoms with van der Waals surface area (Å²) in [5, 5.41) is 0. The van der Waals surface area contributed by atoms with Crippen LogP contribution in [0.2, 0.25) is 0 Å². The van der Waals surface area contributed by atoms with Gasteiger partial charge in [0, 0.05) is 24.3 Å². The molecule has 1 amide bonds. The average molecular weight is 307 g/mol. The van der Waals surface area contributed by atoms with E-state index >= 15 is 0 Å². The molecule has 2 heterocycles. The molecule has 1 unspecified atom stereocenters. The van der Waals surface area contributed by atoms with Gasteiger partial charge < -0.3 is 10.6 Å². The molecule has 0 saturated carbocycles. The molecular weight excluding hydrogens is 290 g/mol. The molecule has 1 aliphatic rings. The Hall–Kier alpha value is -1.91. The van der Waals surface area contributed by atoms with Crippen LogP contribution >= 0.6 is 0 Å². The number of amides is 1. The van der Waals surface area contributed by atoms with Gasteiger partial charge in [0.15, 0.2) is 9.84 Å². The number of pyridine rings is 1. The second-order valence-electron chi connectivity index (χ2n) is 4.90. The molecule has 2 N–H and O–H groups in total. The molecule has 1 atom stereocenters. The maximum Gasteiger partial charge on any atom is 0.272 e. The van der Waals surface area contributed by atoms with Crippen molar-refractivity contribution in [2.45, 2.75) is 13.0 Å². The van der Waals surface area contributed by atoms with Crippen molar-refractivity contribution in [1.82, 2.24) is 9.88 Å². The minimum absolute atomic E-state index is 0.00119. The van der Waals surface area contributed by atoms with Gasteiger partial charge in [-0.2, -0.15) is 0 Å².